The van der Waals surface area contributed by atoms with Crippen molar-refractivity contribution in [2.24, 2.45) is 0 Å². The van der Waals surface area contributed by atoms with E-state index in [1.807, 2.05) is 6.07 Å². The van der Waals surface area contributed by atoms with Gasteiger partial charge in [-0.15, -0.1) is 0 Å². The molecule has 0 aliphatic rings. The normalized spacial score (nSPS) is 10.2. The van der Waals surface area contributed by atoms with Crippen molar-refractivity contribution in [2.45, 2.75) is 6.42 Å². The SMILES string of the molecule is O=C(NCCc1cc(O)ccc1F)c1ccccc1. The molecule has 0 bridgehead atoms. The molecule has 0 aromatic heterocycles. The Morgan fingerprint density at radius 1 is 1.16 bits per heavy atom. The summed E-state index contributed by atoms with van der Waals surface area (Å²) < 4.78 is 13.4. The molecule has 0 heterocycles. The maximum absolute atomic E-state index is 13.4. The van der Waals surface area contributed by atoms with Crippen molar-refractivity contribution in [3.05, 3.63) is 65.5 Å². The first-order valence-electron chi connectivity index (χ1n) is 5.97. The number of carbonyl (C=O) groups is 1. The summed E-state index contributed by atoms with van der Waals surface area (Å²) in [6, 6.07) is 12.7. The van der Waals surface area contributed by atoms with E-state index in [2.05, 4.69) is 5.32 Å². The predicted molar refractivity (Wildman–Crippen MR) is 70.5 cm³/mol. The Balaban J connectivity index is 1.90. The highest BCUT2D eigenvalue weighted by Gasteiger charge is 2.06. The first-order chi connectivity index (χ1) is 9.16. The average molecular weight is 259 g/mol. The largest absolute Gasteiger partial charge is 0.508 e. The second kappa shape index (κ2) is 6.00. The fourth-order valence-corrected chi connectivity index (χ4v) is 1.76. The summed E-state index contributed by atoms with van der Waals surface area (Å²) in [7, 11) is 0. The van der Waals surface area contributed by atoms with Gasteiger partial charge in [-0.25, -0.2) is 4.39 Å². The first-order valence-corrected chi connectivity index (χ1v) is 5.97. The summed E-state index contributed by atoms with van der Waals surface area (Å²) in [6.07, 6.45) is 0.332. The van der Waals surface area contributed by atoms with Gasteiger partial charge in [0.2, 0.25) is 0 Å². The molecular formula is C15H14FNO2. The van der Waals surface area contributed by atoms with Crippen LogP contribution >= 0.6 is 0 Å². The van der Waals surface area contributed by atoms with Gasteiger partial charge in [-0.3, -0.25) is 4.79 Å². The number of phenolic OH excluding ortho intramolecular Hbond substituents is 1. The van der Waals surface area contributed by atoms with Crippen LogP contribution in [0.2, 0.25) is 0 Å². The minimum Gasteiger partial charge on any atom is -0.508 e. The van der Waals surface area contributed by atoms with Gasteiger partial charge >= 0.3 is 0 Å². The Morgan fingerprint density at radius 3 is 2.63 bits per heavy atom. The summed E-state index contributed by atoms with van der Waals surface area (Å²) in [5, 5.41) is 12.0. The minimum absolute atomic E-state index is 0.0192. The highest BCUT2D eigenvalue weighted by Crippen LogP contribution is 2.15. The Morgan fingerprint density at radius 2 is 1.89 bits per heavy atom. The fraction of sp³-hybridized carbons (Fsp3) is 0.133. The van der Waals surface area contributed by atoms with Crippen molar-refractivity contribution < 1.29 is 14.3 Å². The Labute approximate surface area is 110 Å². The van der Waals surface area contributed by atoms with Gasteiger partial charge in [0, 0.05) is 12.1 Å². The second-order valence-electron chi connectivity index (χ2n) is 4.15. The standard InChI is InChI=1S/C15H14FNO2/c16-14-7-6-13(18)10-12(14)8-9-17-15(19)11-4-2-1-3-5-11/h1-7,10,18H,8-9H2,(H,17,19). The van der Waals surface area contributed by atoms with E-state index in [1.165, 1.54) is 18.2 Å². The van der Waals surface area contributed by atoms with Crippen LogP contribution in [0.4, 0.5) is 4.39 Å². The third kappa shape index (κ3) is 3.55. The Hall–Kier alpha value is -2.36. The van der Waals surface area contributed by atoms with E-state index < -0.39 is 0 Å². The Bertz CT molecular complexity index is 570. The topological polar surface area (TPSA) is 49.3 Å². The second-order valence-corrected chi connectivity index (χ2v) is 4.15. The van der Waals surface area contributed by atoms with Crippen LogP contribution in [0.25, 0.3) is 0 Å². The van der Waals surface area contributed by atoms with Crippen molar-refractivity contribution in [1.82, 2.24) is 5.32 Å². The van der Waals surface area contributed by atoms with Gasteiger partial charge in [0.05, 0.1) is 0 Å². The quantitative estimate of drug-likeness (QED) is 0.886. The number of amides is 1. The molecule has 2 N–H and O–H groups in total. The molecule has 19 heavy (non-hydrogen) atoms. The van der Waals surface area contributed by atoms with E-state index in [9.17, 15) is 14.3 Å². The molecule has 98 valence electrons. The molecule has 0 saturated heterocycles. The number of rotatable bonds is 4. The fourth-order valence-electron chi connectivity index (χ4n) is 1.76. The number of nitrogens with one attached hydrogen (secondary N) is 1. The van der Waals surface area contributed by atoms with Gasteiger partial charge in [-0.1, -0.05) is 18.2 Å². The summed E-state index contributed by atoms with van der Waals surface area (Å²) >= 11 is 0. The van der Waals surface area contributed by atoms with Crippen LogP contribution in [0, 0.1) is 5.82 Å². The zero-order chi connectivity index (χ0) is 13.7. The molecule has 0 spiro atoms. The molecule has 2 aromatic carbocycles. The van der Waals surface area contributed by atoms with Gasteiger partial charge in [0.1, 0.15) is 11.6 Å². The molecule has 0 saturated carbocycles. The van der Waals surface area contributed by atoms with Crippen molar-refractivity contribution in [1.29, 1.82) is 0 Å². The van der Waals surface area contributed by atoms with E-state index >= 15 is 0 Å². The molecule has 0 atom stereocenters. The third-order valence-corrected chi connectivity index (χ3v) is 2.75. The maximum atomic E-state index is 13.4. The maximum Gasteiger partial charge on any atom is 0.251 e. The van der Waals surface area contributed by atoms with E-state index in [0.717, 1.165) is 0 Å². The summed E-state index contributed by atoms with van der Waals surface area (Å²) in [6.45, 7) is 0.314. The van der Waals surface area contributed by atoms with E-state index in [1.54, 1.807) is 24.3 Å². The van der Waals surface area contributed by atoms with Gasteiger partial charge in [0.15, 0.2) is 0 Å². The van der Waals surface area contributed by atoms with Gasteiger partial charge in [-0.05, 0) is 42.3 Å². The number of halogens is 1. The van der Waals surface area contributed by atoms with Gasteiger partial charge in [-0.2, -0.15) is 0 Å². The minimum atomic E-state index is -0.383. The van der Waals surface area contributed by atoms with Crippen LogP contribution in [0.15, 0.2) is 48.5 Å². The smallest absolute Gasteiger partial charge is 0.251 e. The lowest BCUT2D eigenvalue weighted by molar-refractivity contribution is 0.0954. The number of benzene rings is 2. The van der Waals surface area contributed by atoms with E-state index in [-0.39, 0.29) is 17.5 Å². The molecule has 0 fully saturated rings. The molecule has 0 unspecified atom stereocenters. The van der Waals surface area contributed by atoms with Crippen LogP contribution in [0.3, 0.4) is 0 Å². The monoisotopic (exact) mass is 259 g/mol. The molecule has 3 nitrogen and oxygen atoms in total. The molecule has 0 aliphatic heterocycles. The molecule has 1 amide bonds. The molecule has 4 heteroatoms. The number of phenols is 1. The summed E-state index contributed by atoms with van der Waals surface area (Å²) in [4.78, 5) is 11.7. The van der Waals surface area contributed by atoms with Crippen LogP contribution in [0.5, 0.6) is 5.75 Å². The summed E-state index contributed by atoms with van der Waals surface area (Å²) in [5.41, 5.74) is 0.951. The molecule has 2 rings (SSSR count). The molecule has 0 aliphatic carbocycles. The first kappa shape index (κ1) is 13.1. The van der Waals surface area contributed by atoms with Crippen molar-refractivity contribution in [3.8, 4) is 5.75 Å². The number of aromatic hydroxyl groups is 1. The molecule has 2 aromatic rings. The number of hydrogen-bond donors (Lipinski definition) is 2. The highest BCUT2D eigenvalue weighted by molar-refractivity contribution is 5.94. The van der Waals surface area contributed by atoms with Crippen LogP contribution in [-0.2, 0) is 6.42 Å². The van der Waals surface area contributed by atoms with Crippen LogP contribution in [-0.4, -0.2) is 17.6 Å². The zero-order valence-corrected chi connectivity index (χ0v) is 10.3. The zero-order valence-electron chi connectivity index (χ0n) is 10.3. The van der Waals surface area contributed by atoms with Crippen LogP contribution < -0.4 is 5.32 Å². The third-order valence-electron chi connectivity index (χ3n) is 2.75. The van der Waals surface area contributed by atoms with Crippen molar-refractivity contribution in [2.75, 3.05) is 6.54 Å². The molecular weight excluding hydrogens is 245 g/mol. The Kier molecular flexibility index (Phi) is 4.13. The van der Waals surface area contributed by atoms with E-state index in [4.69, 9.17) is 0 Å². The van der Waals surface area contributed by atoms with Crippen LogP contribution in [0.1, 0.15) is 15.9 Å². The van der Waals surface area contributed by atoms with Crippen molar-refractivity contribution >= 4 is 5.91 Å². The number of hydrogen-bond acceptors (Lipinski definition) is 2. The lowest BCUT2D eigenvalue weighted by Crippen LogP contribution is -2.25. The average Bonchev–Trinajstić information content (AvgIpc) is 2.43. The highest BCUT2D eigenvalue weighted by atomic mass is 19.1. The van der Waals surface area contributed by atoms with E-state index in [0.29, 0.717) is 24.1 Å². The van der Waals surface area contributed by atoms with Gasteiger partial charge in [0.25, 0.3) is 5.91 Å². The van der Waals surface area contributed by atoms with Gasteiger partial charge < -0.3 is 10.4 Å². The lowest BCUT2D eigenvalue weighted by Gasteiger charge is -2.06. The number of carbonyl (C=O) groups excluding carboxylic acids is 1. The molecule has 0 radical (unpaired) electrons. The predicted octanol–water partition coefficient (Wildman–Crippen LogP) is 2.50. The lowest BCUT2D eigenvalue weighted by atomic mass is 10.1. The summed E-state index contributed by atoms with van der Waals surface area (Å²) in [5.74, 6) is -0.557. The van der Waals surface area contributed by atoms with Crippen molar-refractivity contribution in [3.63, 3.8) is 0 Å².